The van der Waals surface area contributed by atoms with E-state index in [9.17, 15) is 13.2 Å². The molecule has 2 atom stereocenters. The van der Waals surface area contributed by atoms with E-state index >= 15 is 0 Å². The molecule has 2 aliphatic rings. The molecule has 0 unspecified atom stereocenters. The quantitative estimate of drug-likeness (QED) is 0.319. The summed E-state index contributed by atoms with van der Waals surface area (Å²) in [5, 5.41) is 9.41. The van der Waals surface area contributed by atoms with E-state index in [1.807, 2.05) is 18.5 Å². The number of oxazole rings is 1. The summed E-state index contributed by atoms with van der Waals surface area (Å²) in [5.41, 5.74) is 1.50. The molecule has 0 N–H and O–H groups in total. The molecule has 10 heteroatoms. The Balaban J connectivity index is 1.11. The fourth-order valence-corrected chi connectivity index (χ4v) is 6.06. The van der Waals surface area contributed by atoms with Crippen LogP contribution in [0.25, 0.3) is 11.6 Å². The second-order valence-electron chi connectivity index (χ2n) is 9.45. The molecule has 1 aromatic carbocycles. The predicted octanol–water partition coefficient (Wildman–Crippen LogP) is 5.55. The molecule has 1 aliphatic carbocycles. The van der Waals surface area contributed by atoms with Crippen LogP contribution in [0.3, 0.4) is 0 Å². The van der Waals surface area contributed by atoms with Crippen LogP contribution in [0.2, 0.25) is 0 Å². The van der Waals surface area contributed by atoms with Gasteiger partial charge in [0.25, 0.3) is 0 Å². The number of halogens is 3. The second-order valence-corrected chi connectivity index (χ2v) is 10.5. The minimum Gasteiger partial charge on any atom is -0.440 e. The third-order valence-corrected chi connectivity index (χ3v) is 8.26. The Bertz CT molecular complexity index is 1140. The maximum Gasteiger partial charge on any atom is 0.416 e. The van der Waals surface area contributed by atoms with Crippen LogP contribution < -0.4 is 0 Å². The number of alkyl halides is 3. The number of rotatable bonds is 7. The van der Waals surface area contributed by atoms with E-state index in [4.69, 9.17) is 4.42 Å². The average Bonchev–Trinajstić information content (AvgIpc) is 3.10. The van der Waals surface area contributed by atoms with Gasteiger partial charge in [0.1, 0.15) is 0 Å². The molecular formula is C24H28F3N5OS. The molecule has 182 valence electrons. The zero-order valence-corrected chi connectivity index (χ0v) is 20.1. The van der Waals surface area contributed by atoms with Crippen LogP contribution in [0.5, 0.6) is 0 Å². The summed E-state index contributed by atoms with van der Waals surface area (Å²) in [6.07, 6.45) is 1.56. The van der Waals surface area contributed by atoms with Crippen LogP contribution in [-0.2, 0) is 13.2 Å². The van der Waals surface area contributed by atoms with Gasteiger partial charge in [-0.05, 0) is 74.7 Å². The summed E-state index contributed by atoms with van der Waals surface area (Å²) in [6.45, 7) is 5.02. The molecule has 3 aromatic rings. The van der Waals surface area contributed by atoms with Crippen molar-refractivity contribution in [3.63, 3.8) is 0 Å². The van der Waals surface area contributed by atoms with Crippen LogP contribution in [0, 0.1) is 12.3 Å². The van der Waals surface area contributed by atoms with Gasteiger partial charge in [-0.1, -0.05) is 23.9 Å². The molecule has 1 saturated carbocycles. The van der Waals surface area contributed by atoms with Gasteiger partial charge in [0.15, 0.2) is 17.3 Å². The second kappa shape index (κ2) is 9.03. The summed E-state index contributed by atoms with van der Waals surface area (Å²) < 4.78 is 46.0. The van der Waals surface area contributed by atoms with E-state index < -0.39 is 11.7 Å². The largest absolute Gasteiger partial charge is 0.440 e. The summed E-state index contributed by atoms with van der Waals surface area (Å²) >= 11 is 1.68. The molecule has 2 fully saturated rings. The first-order valence-corrected chi connectivity index (χ1v) is 12.6. The lowest BCUT2D eigenvalue weighted by Gasteiger charge is -2.34. The third-order valence-electron chi connectivity index (χ3n) is 7.15. The van der Waals surface area contributed by atoms with E-state index in [0.29, 0.717) is 17.5 Å². The molecule has 1 spiro atoms. The molecule has 1 saturated heterocycles. The van der Waals surface area contributed by atoms with Gasteiger partial charge in [-0.3, -0.25) is 0 Å². The highest BCUT2D eigenvalue weighted by Crippen LogP contribution is 2.63. The molecule has 34 heavy (non-hydrogen) atoms. The number of thioether (sulfide) groups is 1. The fourth-order valence-electron chi connectivity index (χ4n) is 5.23. The van der Waals surface area contributed by atoms with Crippen molar-refractivity contribution in [1.29, 1.82) is 0 Å². The first kappa shape index (κ1) is 23.4. The number of aryl methyl sites for hydroxylation is 1. The predicted molar refractivity (Wildman–Crippen MR) is 123 cm³/mol. The highest BCUT2D eigenvalue weighted by molar-refractivity contribution is 7.99. The average molecular weight is 492 g/mol. The van der Waals surface area contributed by atoms with Crippen molar-refractivity contribution in [2.45, 2.75) is 49.9 Å². The van der Waals surface area contributed by atoms with Crippen molar-refractivity contribution in [2.24, 2.45) is 12.5 Å². The van der Waals surface area contributed by atoms with Crippen LogP contribution in [-0.4, -0.2) is 50.0 Å². The van der Waals surface area contributed by atoms with Gasteiger partial charge >= 0.3 is 6.18 Å². The van der Waals surface area contributed by atoms with Crippen molar-refractivity contribution in [2.75, 3.05) is 25.4 Å². The summed E-state index contributed by atoms with van der Waals surface area (Å²) in [4.78, 5) is 6.64. The SMILES string of the molecule is Cc1ncoc1-c1nnc(SCCCN2CCC[C@@]3(C[C@H]3c3ccc(C(F)(F)F)cc3)C2)n1C. The van der Waals surface area contributed by atoms with E-state index in [1.165, 1.54) is 18.5 Å². The van der Waals surface area contributed by atoms with Gasteiger partial charge in [-0.15, -0.1) is 10.2 Å². The highest BCUT2D eigenvalue weighted by Gasteiger charge is 2.55. The summed E-state index contributed by atoms with van der Waals surface area (Å²) in [6, 6.07) is 5.79. The lowest BCUT2D eigenvalue weighted by Crippen LogP contribution is -2.38. The Morgan fingerprint density at radius 2 is 2.00 bits per heavy atom. The van der Waals surface area contributed by atoms with Crippen molar-refractivity contribution < 1.29 is 17.6 Å². The highest BCUT2D eigenvalue weighted by atomic mass is 32.2. The molecule has 3 heterocycles. The van der Waals surface area contributed by atoms with E-state index in [1.54, 1.807) is 23.9 Å². The van der Waals surface area contributed by atoms with Crippen molar-refractivity contribution in [3.05, 3.63) is 47.5 Å². The van der Waals surface area contributed by atoms with E-state index in [0.717, 1.165) is 67.5 Å². The van der Waals surface area contributed by atoms with Gasteiger partial charge in [-0.2, -0.15) is 13.2 Å². The zero-order chi connectivity index (χ0) is 23.9. The smallest absolute Gasteiger partial charge is 0.416 e. The lowest BCUT2D eigenvalue weighted by molar-refractivity contribution is -0.137. The Labute approximate surface area is 200 Å². The number of benzene rings is 1. The topological polar surface area (TPSA) is 60.0 Å². The molecule has 0 amide bonds. The molecule has 1 aliphatic heterocycles. The summed E-state index contributed by atoms with van der Waals surface area (Å²) in [5.74, 6) is 2.64. The molecule has 0 bridgehead atoms. The van der Waals surface area contributed by atoms with Crippen LogP contribution >= 0.6 is 11.8 Å². The fraction of sp³-hybridized carbons (Fsp3) is 0.542. The number of aromatic nitrogens is 4. The monoisotopic (exact) mass is 491 g/mol. The van der Waals surface area contributed by atoms with Crippen LogP contribution in [0.1, 0.15) is 48.4 Å². The Hall–Kier alpha value is -2.33. The normalized spacial score (nSPS) is 23.0. The number of hydrogen-bond donors (Lipinski definition) is 0. The number of piperidine rings is 1. The van der Waals surface area contributed by atoms with E-state index in [2.05, 4.69) is 20.1 Å². The maximum atomic E-state index is 12.9. The van der Waals surface area contributed by atoms with Crippen molar-refractivity contribution >= 4 is 11.8 Å². The summed E-state index contributed by atoms with van der Waals surface area (Å²) in [7, 11) is 1.93. The third kappa shape index (κ3) is 4.62. The van der Waals surface area contributed by atoms with Gasteiger partial charge in [0.05, 0.1) is 11.3 Å². The van der Waals surface area contributed by atoms with Gasteiger partial charge in [0, 0.05) is 19.3 Å². The van der Waals surface area contributed by atoms with Crippen LogP contribution in [0.4, 0.5) is 13.2 Å². The Kier molecular flexibility index (Phi) is 6.22. The van der Waals surface area contributed by atoms with Crippen molar-refractivity contribution in [1.82, 2.24) is 24.6 Å². The van der Waals surface area contributed by atoms with Gasteiger partial charge < -0.3 is 13.9 Å². The first-order valence-electron chi connectivity index (χ1n) is 11.6. The first-order chi connectivity index (χ1) is 16.3. The molecular weight excluding hydrogens is 463 g/mol. The minimum absolute atomic E-state index is 0.235. The lowest BCUT2D eigenvalue weighted by atomic mass is 9.89. The number of likely N-dealkylation sites (tertiary alicyclic amines) is 1. The molecule has 6 nitrogen and oxygen atoms in total. The Morgan fingerprint density at radius 1 is 1.21 bits per heavy atom. The van der Waals surface area contributed by atoms with E-state index in [-0.39, 0.29) is 5.41 Å². The molecule has 5 rings (SSSR count). The van der Waals surface area contributed by atoms with Gasteiger partial charge in [0.2, 0.25) is 5.82 Å². The standard InChI is InChI=1S/C24H28F3N5OS/c1-16-20(33-15-28-16)21-29-30-22(31(21)2)34-12-4-11-32-10-3-9-23(14-32)13-19(23)17-5-7-18(8-6-17)24(25,26)27/h5-8,15,19H,3-4,9-14H2,1-2H3/t19-,23+/m0/s1. The minimum atomic E-state index is -4.28. The Morgan fingerprint density at radius 3 is 2.71 bits per heavy atom. The molecule has 2 aromatic heterocycles. The molecule has 0 radical (unpaired) electrons. The van der Waals surface area contributed by atoms with Crippen LogP contribution in [0.15, 0.2) is 40.2 Å². The zero-order valence-electron chi connectivity index (χ0n) is 19.3. The van der Waals surface area contributed by atoms with Gasteiger partial charge in [-0.25, -0.2) is 4.98 Å². The van der Waals surface area contributed by atoms with Crippen molar-refractivity contribution in [3.8, 4) is 11.6 Å². The number of hydrogen-bond acceptors (Lipinski definition) is 6. The number of nitrogens with zero attached hydrogens (tertiary/aromatic N) is 5. The maximum absolute atomic E-state index is 12.9.